The Morgan fingerprint density at radius 3 is 2.96 bits per heavy atom. The fraction of sp³-hybridized carbons (Fsp3) is 0.250. The number of rotatable bonds is 5. The van der Waals surface area contributed by atoms with Crippen molar-refractivity contribution in [3.8, 4) is 11.3 Å². The number of H-pyrrole nitrogens is 1. The van der Waals surface area contributed by atoms with E-state index in [1.165, 1.54) is 35.0 Å². The summed E-state index contributed by atoms with van der Waals surface area (Å²) in [5, 5.41) is 11.9. The van der Waals surface area contributed by atoms with Crippen molar-refractivity contribution < 1.29 is 0 Å². The molecule has 4 aromatic rings. The third kappa shape index (κ3) is 3.01. The summed E-state index contributed by atoms with van der Waals surface area (Å²) in [6.45, 7) is 0.637. The van der Waals surface area contributed by atoms with Gasteiger partial charge in [-0.05, 0) is 48.1 Å². The number of aryl methyl sites for hydroxylation is 1. The van der Waals surface area contributed by atoms with Crippen LogP contribution in [-0.2, 0) is 13.6 Å². The van der Waals surface area contributed by atoms with Crippen LogP contribution < -0.4 is 11.1 Å². The number of nitrogens with zero attached hydrogens (tertiary/aromatic N) is 4. The van der Waals surface area contributed by atoms with E-state index in [4.69, 9.17) is 5.73 Å². The van der Waals surface area contributed by atoms with Crippen molar-refractivity contribution in [1.29, 1.82) is 0 Å². The van der Waals surface area contributed by atoms with Crippen LogP contribution in [-0.4, -0.2) is 24.7 Å². The summed E-state index contributed by atoms with van der Waals surface area (Å²) in [6.07, 6.45) is 6.25. The van der Waals surface area contributed by atoms with Crippen LogP contribution in [0.25, 0.3) is 22.2 Å². The summed E-state index contributed by atoms with van der Waals surface area (Å²) in [4.78, 5) is 8.81. The van der Waals surface area contributed by atoms with E-state index in [0.29, 0.717) is 24.2 Å². The number of nitrogens with one attached hydrogen (secondary N) is 2. The number of nitrogen functional groups attached to an aromatic ring is 1. The summed E-state index contributed by atoms with van der Waals surface area (Å²) < 4.78 is 2.11. The van der Waals surface area contributed by atoms with Gasteiger partial charge in [-0.2, -0.15) is 10.1 Å². The van der Waals surface area contributed by atoms with Crippen LogP contribution in [0.5, 0.6) is 0 Å². The van der Waals surface area contributed by atoms with Gasteiger partial charge in [0.05, 0.1) is 11.3 Å². The molecule has 0 unspecified atom stereocenters. The van der Waals surface area contributed by atoms with Crippen LogP contribution >= 0.6 is 0 Å². The molecule has 0 atom stereocenters. The van der Waals surface area contributed by atoms with Gasteiger partial charge in [0.15, 0.2) is 0 Å². The Hall–Kier alpha value is -3.35. The molecule has 1 aliphatic rings. The SMILES string of the molecule is Cn1ccc2cc(CNc3ncc(-c4cc(C5CC5)[nH]n4)c(N)n3)ccc21. The van der Waals surface area contributed by atoms with E-state index < -0.39 is 0 Å². The fourth-order valence-electron chi connectivity index (χ4n) is 3.38. The standard InChI is InChI=1S/C20H21N7/c1-27-7-6-14-8-12(2-5-18(14)27)10-22-20-23-11-15(19(21)24-20)17-9-16(25-26-17)13-3-4-13/h2,5-9,11,13H,3-4,10H2,1H3,(H,25,26)(H3,21,22,23,24). The highest BCUT2D eigenvalue weighted by molar-refractivity contribution is 5.80. The molecule has 3 aromatic heterocycles. The van der Waals surface area contributed by atoms with Gasteiger partial charge in [-0.25, -0.2) is 4.98 Å². The summed E-state index contributed by atoms with van der Waals surface area (Å²) >= 11 is 0. The number of anilines is 2. The van der Waals surface area contributed by atoms with Gasteiger partial charge in [-0.15, -0.1) is 0 Å². The van der Waals surface area contributed by atoms with Crippen LogP contribution in [0.3, 0.4) is 0 Å². The molecule has 0 radical (unpaired) electrons. The lowest BCUT2D eigenvalue weighted by molar-refractivity contribution is 0.966. The number of fused-ring (bicyclic) bond motifs is 1. The van der Waals surface area contributed by atoms with Crippen molar-refractivity contribution in [3.05, 3.63) is 54.0 Å². The molecule has 0 amide bonds. The van der Waals surface area contributed by atoms with Gasteiger partial charge in [0.2, 0.25) is 5.95 Å². The average molecular weight is 359 g/mol. The summed E-state index contributed by atoms with van der Waals surface area (Å²) in [5.74, 6) is 1.57. The van der Waals surface area contributed by atoms with Gasteiger partial charge in [0.1, 0.15) is 5.82 Å². The molecule has 1 aromatic carbocycles. The Morgan fingerprint density at radius 2 is 2.15 bits per heavy atom. The van der Waals surface area contributed by atoms with E-state index in [1.54, 1.807) is 6.20 Å². The van der Waals surface area contributed by atoms with E-state index in [0.717, 1.165) is 11.3 Å². The maximum Gasteiger partial charge on any atom is 0.224 e. The topological polar surface area (TPSA) is 97.4 Å². The molecule has 27 heavy (non-hydrogen) atoms. The molecule has 1 saturated carbocycles. The minimum atomic E-state index is 0.430. The third-order valence-electron chi connectivity index (χ3n) is 5.11. The molecule has 3 heterocycles. The van der Waals surface area contributed by atoms with E-state index in [1.807, 2.05) is 7.05 Å². The minimum Gasteiger partial charge on any atom is -0.383 e. The van der Waals surface area contributed by atoms with Gasteiger partial charge in [0, 0.05) is 43.1 Å². The Bertz CT molecular complexity index is 1120. The fourth-order valence-corrected chi connectivity index (χ4v) is 3.38. The van der Waals surface area contributed by atoms with Gasteiger partial charge in [-0.1, -0.05) is 6.07 Å². The molecule has 0 saturated heterocycles. The van der Waals surface area contributed by atoms with Gasteiger partial charge in [-0.3, -0.25) is 5.10 Å². The first kappa shape index (κ1) is 15.9. The molecule has 0 spiro atoms. The lowest BCUT2D eigenvalue weighted by atomic mass is 10.1. The van der Waals surface area contributed by atoms with E-state index in [-0.39, 0.29) is 0 Å². The zero-order chi connectivity index (χ0) is 18.4. The normalized spacial score (nSPS) is 14.0. The van der Waals surface area contributed by atoms with Crippen LogP contribution in [0.1, 0.15) is 30.0 Å². The lowest BCUT2D eigenvalue weighted by Crippen LogP contribution is -2.06. The monoisotopic (exact) mass is 359 g/mol. The van der Waals surface area contributed by atoms with Crippen LogP contribution in [0.15, 0.2) is 42.7 Å². The quantitative estimate of drug-likeness (QED) is 0.507. The zero-order valence-electron chi connectivity index (χ0n) is 15.1. The maximum atomic E-state index is 6.15. The second kappa shape index (κ2) is 6.12. The van der Waals surface area contributed by atoms with Gasteiger partial charge >= 0.3 is 0 Å². The molecular formula is C20H21N7. The molecule has 5 rings (SSSR count). The Morgan fingerprint density at radius 1 is 1.26 bits per heavy atom. The second-order valence-electron chi connectivity index (χ2n) is 7.15. The van der Waals surface area contributed by atoms with E-state index >= 15 is 0 Å². The molecule has 7 heteroatoms. The summed E-state index contributed by atoms with van der Waals surface area (Å²) in [5.41, 5.74) is 11.3. The molecule has 1 fully saturated rings. The molecule has 136 valence electrons. The molecule has 0 bridgehead atoms. The minimum absolute atomic E-state index is 0.430. The molecular weight excluding hydrogens is 338 g/mol. The smallest absolute Gasteiger partial charge is 0.224 e. The van der Waals surface area contributed by atoms with E-state index in [2.05, 4.69) is 66.6 Å². The molecule has 4 N–H and O–H groups in total. The first-order chi connectivity index (χ1) is 13.2. The van der Waals surface area contributed by atoms with E-state index in [9.17, 15) is 0 Å². The van der Waals surface area contributed by atoms with Crippen molar-refractivity contribution in [2.24, 2.45) is 7.05 Å². The first-order valence-corrected chi connectivity index (χ1v) is 9.13. The van der Waals surface area contributed by atoms with Crippen LogP contribution in [0.4, 0.5) is 11.8 Å². The highest BCUT2D eigenvalue weighted by Gasteiger charge is 2.26. The Balaban J connectivity index is 1.32. The van der Waals surface area contributed by atoms with Crippen molar-refractivity contribution in [2.75, 3.05) is 11.1 Å². The highest BCUT2D eigenvalue weighted by Crippen LogP contribution is 2.40. The average Bonchev–Trinajstić information content (AvgIpc) is 3.30. The van der Waals surface area contributed by atoms with Crippen LogP contribution in [0, 0.1) is 0 Å². The Kier molecular flexibility index (Phi) is 3.60. The zero-order valence-corrected chi connectivity index (χ0v) is 15.1. The largest absolute Gasteiger partial charge is 0.383 e. The Labute approximate surface area is 156 Å². The van der Waals surface area contributed by atoms with Crippen molar-refractivity contribution in [2.45, 2.75) is 25.3 Å². The van der Waals surface area contributed by atoms with Crippen molar-refractivity contribution in [1.82, 2.24) is 24.7 Å². The highest BCUT2D eigenvalue weighted by atomic mass is 15.1. The lowest BCUT2D eigenvalue weighted by Gasteiger charge is -2.08. The number of nitrogens with two attached hydrogens (primary N) is 1. The number of aromatic nitrogens is 5. The first-order valence-electron chi connectivity index (χ1n) is 9.13. The molecule has 1 aliphatic carbocycles. The van der Waals surface area contributed by atoms with Gasteiger partial charge < -0.3 is 15.6 Å². The maximum absolute atomic E-state index is 6.15. The molecule has 0 aliphatic heterocycles. The van der Waals surface area contributed by atoms with Gasteiger partial charge in [0.25, 0.3) is 0 Å². The second-order valence-corrected chi connectivity index (χ2v) is 7.15. The summed E-state index contributed by atoms with van der Waals surface area (Å²) in [7, 11) is 2.05. The number of benzene rings is 1. The predicted octanol–water partition coefficient (Wildman–Crippen LogP) is 3.43. The third-order valence-corrected chi connectivity index (χ3v) is 5.11. The predicted molar refractivity (Wildman–Crippen MR) is 106 cm³/mol. The summed E-state index contributed by atoms with van der Waals surface area (Å²) in [6, 6.07) is 10.6. The number of hydrogen-bond acceptors (Lipinski definition) is 5. The van der Waals surface area contributed by atoms with Crippen molar-refractivity contribution >= 4 is 22.7 Å². The van der Waals surface area contributed by atoms with Crippen molar-refractivity contribution in [3.63, 3.8) is 0 Å². The number of hydrogen-bond donors (Lipinski definition) is 3. The number of aromatic amines is 1. The molecule has 7 nitrogen and oxygen atoms in total. The van der Waals surface area contributed by atoms with Crippen LogP contribution in [0.2, 0.25) is 0 Å².